The van der Waals surface area contributed by atoms with Gasteiger partial charge in [0.25, 0.3) is 0 Å². The first-order chi connectivity index (χ1) is 4.24. The molecule has 0 rings (SSSR count). The van der Waals surface area contributed by atoms with Crippen molar-refractivity contribution in [2.45, 2.75) is 0 Å². The number of aliphatic hydroxyl groups is 4. The summed E-state index contributed by atoms with van der Waals surface area (Å²) in [4.78, 5) is 0. The Hall–Kier alpha value is 3.84. The summed E-state index contributed by atoms with van der Waals surface area (Å²) in [5, 5.41) is 34.0. The fourth-order valence-corrected chi connectivity index (χ4v) is 0.300. The summed E-state index contributed by atoms with van der Waals surface area (Å²) in [6.07, 6.45) is 0. The third-order valence-electron chi connectivity index (χ3n) is 1.34. The minimum atomic E-state index is -1.11. The van der Waals surface area contributed by atoms with E-state index in [2.05, 4.69) is 0 Å². The predicted molar refractivity (Wildman–Crippen MR) is 53.8 cm³/mol. The Morgan fingerprint density at radius 1 is 0.538 bits per heavy atom. The van der Waals surface area contributed by atoms with E-state index in [0.717, 1.165) is 0 Å². The van der Waals surface area contributed by atoms with Crippen molar-refractivity contribution < 1.29 is 20.4 Å². The van der Waals surface area contributed by atoms with Gasteiger partial charge in [-0.2, -0.15) is 0 Å². The van der Waals surface area contributed by atoms with Gasteiger partial charge in [0.15, 0.2) is 0 Å². The molecule has 0 saturated heterocycles. The molecule has 4 radical (unpaired) electrons. The minimum Gasteiger partial charge on any atom is -0.396 e. The van der Waals surface area contributed by atoms with Crippen molar-refractivity contribution in [3.8, 4) is 0 Å². The number of hydrogen-bond acceptors (Lipinski definition) is 4. The molecule has 0 heterocycles. The van der Waals surface area contributed by atoms with Crippen LogP contribution in [0.25, 0.3) is 0 Å². The maximum atomic E-state index is 8.50. The SMILES string of the molecule is OCC(CO)(CO)CO.[Na].[Na].[Na].[Na]. The number of rotatable bonds is 4. The van der Waals surface area contributed by atoms with E-state index >= 15 is 0 Å². The van der Waals surface area contributed by atoms with Crippen LogP contribution < -0.4 is 0 Å². The van der Waals surface area contributed by atoms with Gasteiger partial charge in [0, 0.05) is 118 Å². The van der Waals surface area contributed by atoms with E-state index in [9.17, 15) is 0 Å². The fourth-order valence-electron chi connectivity index (χ4n) is 0.300. The van der Waals surface area contributed by atoms with Gasteiger partial charge in [0.05, 0.1) is 31.8 Å². The second kappa shape index (κ2) is 18.2. The van der Waals surface area contributed by atoms with Gasteiger partial charge < -0.3 is 20.4 Å². The normalized spacial score (nSPS) is 8.31. The van der Waals surface area contributed by atoms with Gasteiger partial charge in [-0.1, -0.05) is 0 Å². The summed E-state index contributed by atoms with van der Waals surface area (Å²) in [6, 6.07) is 0. The molecular formula is C5H12Na4O4. The third kappa shape index (κ3) is 12.1. The molecule has 0 spiro atoms. The van der Waals surface area contributed by atoms with Crippen molar-refractivity contribution in [2.24, 2.45) is 5.41 Å². The van der Waals surface area contributed by atoms with Crippen LogP contribution in [0, 0.1) is 5.41 Å². The van der Waals surface area contributed by atoms with Crippen LogP contribution in [0.4, 0.5) is 0 Å². The monoisotopic (exact) mass is 228 g/mol. The Bertz CT molecular complexity index is 63.4. The molecule has 0 amide bonds. The largest absolute Gasteiger partial charge is 0.396 e. The smallest absolute Gasteiger partial charge is 0.0627 e. The second-order valence-electron chi connectivity index (χ2n) is 2.13. The van der Waals surface area contributed by atoms with Crippen LogP contribution >= 0.6 is 0 Å². The standard InChI is InChI=1S/C5H12O4.4Na/c6-1-5(2-7,3-8)4-9;;;;/h6-9H,1-4H2;;;;. The summed E-state index contributed by atoms with van der Waals surface area (Å²) in [7, 11) is 0. The van der Waals surface area contributed by atoms with E-state index < -0.39 is 31.8 Å². The van der Waals surface area contributed by atoms with Gasteiger partial charge in [-0.15, -0.1) is 0 Å². The van der Waals surface area contributed by atoms with E-state index in [4.69, 9.17) is 20.4 Å². The van der Waals surface area contributed by atoms with Crippen molar-refractivity contribution in [3.05, 3.63) is 0 Å². The van der Waals surface area contributed by atoms with E-state index in [1.165, 1.54) is 0 Å². The molecule has 0 aliphatic carbocycles. The molecule has 60 valence electrons. The van der Waals surface area contributed by atoms with Gasteiger partial charge in [-0.05, 0) is 0 Å². The molecule has 4 nitrogen and oxygen atoms in total. The molecule has 0 saturated carbocycles. The zero-order valence-electron chi connectivity index (χ0n) is 9.12. The van der Waals surface area contributed by atoms with Crippen LogP contribution in [0.5, 0.6) is 0 Å². The van der Waals surface area contributed by atoms with Gasteiger partial charge in [-0.3, -0.25) is 0 Å². The Balaban J connectivity index is -0.0000000533. The van der Waals surface area contributed by atoms with E-state index in [1.54, 1.807) is 0 Å². The van der Waals surface area contributed by atoms with Crippen molar-refractivity contribution in [2.75, 3.05) is 26.4 Å². The van der Waals surface area contributed by atoms with Crippen LogP contribution in [0.3, 0.4) is 0 Å². The molecule has 0 aromatic heterocycles. The molecule has 13 heavy (non-hydrogen) atoms. The van der Waals surface area contributed by atoms with Crippen LogP contribution in [-0.2, 0) is 0 Å². The summed E-state index contributed by atoms with van der Waals surface area (Å²) in [6.45, 7) is -1.62. The van der Waals surface area contributed by atoms with E-state index in [1.807, 2.05) is 0 Å². The molecule has 8 heteroatoms. The summed E-state index contributed by atoms with van der Waals surface area (Å²) in [5.74, 6) is 0. The second-order valence-corrected chi connectivity index (χ2v) is 2.13. The quantitative estimate of drug-likeness (QED) is 0.375. The molecule has 0 unspecified atom stereocenters. The summed E-state index contributed by atoms with van der Waals surface area (Å²) in [5.41, 5.74) is -1.11. The molecule has 0 bridgehead atoms. The van der Waals surface area contributed by atoms with Gasteiger partial charge in [0.2, 0.25) is 0 Å². The zero-order chi connectivity index (χ0) is 7.33. The number of aliphatic hydroxyl groups excluding tert-OH is 4. The van der Waals surface area contributed by atoms with Crippen LogP contribution in [-0.4, -0.2) is 165 Å². The maximum Gasteiger partial charge on any atom is 0.0627 e. The van der Waals surface area contributed by atoms with E-state index in [-0.39, 0.29) is 118 Å². The third-order valence-corrected chi connectivity index (χ3v) is 1.34. The fraction of sp³-hybridized carbons (Fsp3) is 1.00. The molecule has 0 fully saturated rings. The maximum absolute atomic E-state index is 8.50. The molecule has 0 aliphatic heterocycles. The van der Waals surface area contributed by atoms with Gasteiger partial charge in [0.1, 0.15) is 0 Å². The van der Waals surface area contributed by atoms with Crippen molar-refractivity contribution >= 4 is 118 Å². The van der Waals surface area contributed by atoms with E-state index in [0.29, 0.717) is 0 Å². The van der Waals surface area contributed by atoms with Crippen molar-refractivity contribution in [1.82, 2.24) is 0 Å². The molecule has 0 aromatic rings. The van der Waals surface area contributed by atoms with Crippen LogP contribution in [0.2, 0.25) is 0 Å². The first kappa shape index (κ1) is 30.1. The summed E-state index contributed by atoms with van der Waals surface area (Å²) >= 11 is 0. The average Bonchev–Trinajstić information content (AvgIpc) is 1.95. The Morgan fingerprint density at radius 2 is 0.692 bits per heavy atom. The Labute approximate surface area is 167 Å². The first-order valence-corrected chi connectivity index (χ1v) is 2.68. The topological polar surface area (TPSA) is 80.9 Å². The predicted octanol–water partition coefficient (Wildman–Crippen LogP) is -3.58. The number of hydrogen-bond donors (Lipinski definition) is 4. The average molecular weight is 228 g/mol. The first-order valence-electron chi connectivity index (χ1n) is 2.68. The molecule has 0 aliphatic rings. The van der Waals surface area contributed by atoms with Crippen LogP contribution in [0.15, 0.2) is 0 Å². The Morgan fingerprint density at radius 3 is 0.692 bits per heavy atom. The zero-order valence-corrected chi connectivity index (χ0v) is 17.1. The van der Waals surface area contributed by atoms with Crippen molar-refractivity contribution in [1.29, 1.82) is 0 Å². The minimum absolute atomic E-state index is 0. The summed E-state index contributed by atoms with van der Waals surface area (Å²) < 4.78 is 0. The molecule has 0 atom stereocenters. The van der Waals surface area contributed by atoms with Crippen molar-refractivity contribution in [3.63, 3.8) is 0 Å². The van der Waals surface area contributed by atoms with Gasteiger partial charge in [-0.25, -0.2) is 0 Å². The molecule has 0 aromatic carbocycles. The van der Waals surface area contributed by atoms with Gasteiger partial charge >= 0.3 is 0 Å². The van der Waals surface area contributed by atoms with Crippen LogP contribution in [0.1, 0.15) is 0 Å². The molecule has 4 N–H and O–H groups in total. The Kier molecular flexibility index (Phi) is 42.2. The molecular weight excluding hydrogens is 216 g/mol.